The van der Waals surface area contributed by atoms with Gasteiger partial charge in [0, 0.05) is 29.7 Å². The molecule has 200 valence electrons. The summed E-state index contributed by atoms with van der Waals surface area (Å²) in [4.78, 5) is 0. The van der Waals surface area contributed by atoms with E-state index in [4.69, 9.17) is 0 Å². The number of hydrogen-bond acceptors (Lipinski definition) is 7. The van der Waals surface area contributed by atoms with E-state index < -0.39 is 12.2 Å². The molecule has 0 bridgehead atoms. The minimum atomic E-state index is -0.724. The van der Waals surface area contributed by atoms with Gasteiger partial charge in [0.2, 0.25) is 0 Å². The van der Waals surface area contributed by atoms with E-state index in [1.165, 1.54) is 6.07 Å². The van der Waals surface area contributed by atoms with Crippen molar-refractivity contribution in [3.05, 3.63) is 64.2 Å². The topological polar surface area (TPSA) is 125 Å². The van der Waals surface area contributed by atoms with Crippen LogP contribution in [0, 0.1) is 12.8 Å². The molecule has 7 heteroatoms. The lowest BCUT2D eigenvalue weighted by atomic mass is 9.70. The predicted octanol–water partition coefficient (Wildman–Crippen LogP) is 3.36. The Balaban J connectivity index is 1.50. The van der Waals surface area contributed by atoms with Gasteiger partial charge in [0.25, 0.3) is 0 Å². The number of rotatable bonds is 11. The maximum absolute atomic E-state index is 10.7. The fourth-order valence-corrected chi connectivity index (χ4v) is 5.24. The highest BCUT2D eigenvalue weighted by Crippen LogP contribution is 2.38. The summed E-state index contributed by atoms with van der Waals surface area (Å²) in [5.41, 5.74) is 3.54. The molecule has 0 aliphatic heterocycles. The van der Waals surface area contributed by atoms with E-state index in [1.54, 1.807) is 12.1 Å². The zero-order valence-corrected chi connectivity index (χ0v) is 22.1. The van der Waals surface area contributed by atoms with E-state index >= 15 is 0 Å². The minimum Gasteiger partial charge on any atom is -0.508 e. The average molecular weight is 501 g/mol. The standard InChI is InChI=1S/C29H44N2O5/c1-19-5-6-20(13-22(19)17-32)26(35)15-30-28(2,3)24-9-11-29(4,12-10-24)31-16-27(36)21-7-8-25(34)23(14-21)18-33/h5-8,13-14,24,26-27,30-36H,9-12,15-18H2,1-4H3. The van der Waals surface area contributed by atoms with Gasteiger partial charge in [-0.25, -0.2) is 0 Å². The molecule has 3 rings (SSSR count). The molecular formula is C29H44N2O5. The summed E-state index contributed by atoms with van der Waals surface area (Å²) < 4.78 is 0. The van der Waals surface area contributed by atoms with Crippen LogP contribution < -0.4 is 10.6 Å². The Kier molecular flexibility index (Phi) is 9.55. The van der Waals surface area contributed by atoms with E-state index in [0.717, 1.165) is 42.4 Å². The second-order valence-electron chi connectivity index (χ2n) is 11.2. The third-order valence-corrected chi connectivity index (χ3v) is 8.17. The smallest absolute Gasteiger partial charge is 0.121 e. The van der Waals surface area contributed by atoms with Crippen molar-refractivity contribution < 1.29 is 25.5 Å². The molecule has 2 unspecified atom stereocenters. The molecule has 1 fully saturated rings. The van der Waals surface area contributed by atoms with Gasteiger partial charge in [0.05, 0.1) is 25.4 Å². The molecule has 0 saturated heterocycles. The summed E-state index contributed by atoms with van der Waals surface area (Å²) in [5, 5.41) is 57.2. The average Bonchev–Trinajstić information content (AvgIpc) is 2.86. The highest BCUT2D eigenvalue weighted by molar-refractivity contribution is 5.36. The number of aryl methyl sites for hydroxylation is 1. The number of aromatic hydroxyl groups is 1. The molecule has 1 aliphatic carbocycles. The maximum atomic E-state index is 10.7. The summed E-state index contributed by atoms with van der Waals surface area (Å²) in [6, 6.07) is 10.6. The van der Waals surface area contributed by atoms with Crippen LogP contribution in [0.4, 0.5) is 0 Å². The Bertz CT molecular complexity index is 1000. The first-order valence-electron chi connectivity index (χ1n) is 13.0. The zero-order chi connectivity index (χ0) is 26.5. The molecule has 1 aliphatic rings. The molecule has 36 heavy (non-hydrogen) atoms. The van der Waals surface area contributed by atoms with Crippen molar-refractivity contribution in [2.75, 3.05) is 13.1 Å². The van der Waals surface area contributed by atoms with Gasteiger partial charge in [-0.15, -0.1) is 0 Å². The van der Waals surface area contributed by atoms with Crippen LogP contribution in [0.15, 0.2) is 36.4 Å². The van der Waals surface area contributed by atoms with Crippen molar-refractivity contribution in [3.8, 4) is 5.75 Å². The Morgan fingerprint density at radius 1 is 0.917 bits per heavy atom. The molecule has 2 atom stereocenters. The van der Waals surface area contributed by atoms with Crippen molar-refractivity contribution in [3.63, 3.8) is 0 Å². The number of aliphatic hydroxyl groups excluding tert-OH is 4. The number of aliphatic hydroxyl groups is 4. The molecule has 0 aromatic heterocycles. The lowest BCUT2D eigenvalue weighted by Crippen LogP contribution is -2.53. The van der Waals surface area contributed by atoms with Gasteiger partial charge in [0.15, 0.2) is 0 Å². The van der Waals surface area contributed by atoms with Gasteiger partial charge in [-0.1, -0.05) is 24.3 Å². The first-order valence-corrected chi connectivity index (χ1v) is 13.0. The van der Waals surface area contributed by atoms with Gasteiger partial charge in [-0.05, 0) is 93.7 Å². The van der Waals surface area contributed by atoms with Crippen LogP contribution in [-0.2, 0) is 13.2 Å². The van der Waals surface area contributed by atoms with Crippen molar-refractivity contribution >= 4 is 0 Å². The largest absolute Gasteiger partial charge is 0.508 e. The van der Waals surface area contributed by atoms with Crippen molar-refractivity contribution in [2.45, 2.75) is 89.9 Å². The molecule has 0 radical (unpaired) electrons. The molecule has 0 amide bonds. The first-order chi connectivity index (χ1) is 17.0. The van der Waals surface area contributed by atoms with E-state index in [9.17, 15) is 25.5 Å². The predicted molar refractivity (Wildman–Crippen MR) is 141 cm³/mol. The van der Waals surface area contributed by atoms with Crippen LogP contribution in [0.25, 0.3) is 0 Å². The summed E-state index contributed by atoms with van der Waals surface area (Å²) in [6.45, 7) is 9.09. The Morgan fingerprint density at radius 2 is 1.47 bits per heavy atom. The SMILES string of the molecule is Cc1ccc(C(O)CNC(C)(C)C2CCC(C)(NCC(O)c3ccc(O)c(CO)c3)CC2)cc1CO. The van der Waals surface area contributed by atoms with Crippen molar-refractivity contribution in [2.24, 2.45) is 5.92 Å². The molecule has 2 aromatic rings. The fraction of sp³-hybridized carbons (Fsp3) is 0.586. The summed E-state index contributed by atoms with van der Waals surface area (Å²) in [5.74, 6) is 0.490. The molecule has 0 heterocycles. The minimum absolute atomic E-state index is 0.0317. The van der Waals surface area contributed by atoms with Crippen LogP contribution in [0.3, 0.4) is 0 Å². The van der Waals surface area contributed by atoms with Gasteiger partial charge >= 0.3 is 0 Å². The number of benzene rings is 2. The third kappa shape index (κ3) is 7.06. The van der Waals surface area contributed by atoms with Gasteiger partial charge in [0.1, 0.15) is 5.75 Å². The number of nitrogens with one attached hydrogen (secondary N) is 2. The van der Waals surface area contributed by atoms with Crippen LogP contribution >= 0.6 is 0 Å². The van der Waals surface area contributed by atoms with Crippen molar-refractivity contribution in [1.82, 2.24) is 10.6 Å². The highest BCUT2D eigenvalue weighted by Gasteiger charge is 2.38. The van der Waals surface area contributed by atoms with Crippen LogP contribution in [0.5, 0.6) is 5.75 Å². The highest BCUT2D eigenvalue weighted by atomic mass is 16.3. The molecule has 7 nitrogen and oxygen atoms in total. The van der Waals surface area contributed by atoms with Crippen LogP contribution in [0.2, 0.25) is 0 Å². The molecular weight excluding hydrogens is 456 g/mol. The summed E-state index contributed by atoms with van der Waals surface area (Å²) in [6.07, 6.45) is 2.66. The van der Waals surface area contributed by atoms with Gasteiger partial charge in [-0.2, -0.15) is 0 Å². The van der Waals surface area contributed by atoms with Gasteiger partial charge < -0.3 is 36.2 Å². The molecule has 7 N–H and O–H groups in total. The summed E-state index contributed by atoms with van der Waals surface area (Å²) >= 11 is 0. The lowest BCUT2D eigenvalue weighted by Gasteiger charge is -2.45. The quantitative estimate of drug-likeness (QED) is 0.252. The number of phenols is 1. The normalized spacial score (nSPS) is 22.4. The summed E-state index contributed by atoms with van der Waals surface area (Å²) in [7, 11) is 0. The van der Waals surface area contributed by atoms with E-state index in [1.807, 2.05) is 25.1 Å². The van der Waals surface area contributed by atoms with Crippen molar-refractivity contribution in [1.29, 1.82) is 0 Å². The third-order valence-electron chi connectivity index (χ3n) is 8.17. The number of hydrogen-bond donors (Lipinski definition) is 7. The maximum Gasteiger partial charge on any atom is 0.121 e. The Morgan fingerprint density at radius 3 is 2.08 bits per heavy atom. The molecule has 2 aromatic carbocycles. The number of β-amino-alcohol motifs (C(OH)–C–C–N with tert-alkyl or cyclic N) is 2. The van der Waals surface area contributed by atoms with Crippen LogP contribution in [-0.4, -0.2) is 49.7 Å². The fourth-order valence-electron chi connectivity index (χ4n) is 5.24. The Labute approximate surface area is 215 Å². The molecule has 1 saturated carbocycles. The van der Waals surface area contributed by atoms with Crippen LogP contribution in [0.1, 0.15) is 86.5 Å². The second-order valence-corrected chi connectivity index (χ2v) is 11.2. The van der Waals surface area contributed by atoms with E-state index in [0.29, 0.717) is 30.1 Å². The zero-order valence-electron chi connectivity index (χ0n) is 22.1. The molecule has 0 spiro atoms. The van der Waals surface area contributed by atoms with E-state index in [2.05, 4.69) is 31.4 Å². The second kappa shape index (κ2) is 12.0. The van der Waals surface area contributed by atoms with Gasteiger partial charge in [-0.3, -0.25) is 0 Å². The Hall–Kier alpha value is -2.00. The van der Waals surface area contributed by atoms with E-state index in [-0.39, 0.29) is 30.0 Å². The first kappa shape index (κ1) is 28.6. The monoisotopic (exact) mass is 500 g/mol. The lowest BCUT2D eigenvalue weighted by molar-refractivity contribution is 0.0994.